The number of carbonyl (C=O) groups excluding carboxylic acids is 3. The summed E-state index contributed by atoms with van der Waals surface area (Å²) < 4.78 is 13.6. The van der Waals surface area contributed by atoms with Crippen LogP contribution in [0.5, 0.6) is 0 Å². The van der Waals surface area contributed by atoms with Crippen LogP contribution in [0.1, 0.15) is 37.9 Å². The van der Waals surface area contributed by atoms with Crippen LogP contribution in [0.25, 0.3) is 0 Å². The summed E-state index contributed by atoms with van der Waals surface area (Å²) in [6.45, 7) is 1.90. The van der Waals surface area contributed by atoms with Crippen LogP contribution < -0.4 is 4.90 Å². The molecule has 3 aromatic rings. The third kappa shape index (κ3) is 3.00. The molecule has 0 aromatic heterocycles. The topological polar surface area (TPSA) is 101 Å². The molecule has 5 rings (SSSR count). The first-order chi connectivity index (χ1) is 15.8. The number of nitrogens with zero attached hydrogens (tertiary/aromatic N) is 3. The summed E-state index contributed by atoms with van der Waals surface area (Å²) in [6, 6.07) is 14.4. The third-order valence-electron chi connectivity index (χ3n) is 5.99. The van der Waals surface area contributed by atoms with Crippen molar-refractivity contribution in [2.45, 2.75) is 19.0 Å². The lowest BCUT2D eigenvalue weighted by Gasteiger charge is -2.49. The van der Waals surface area contributed by atoms with Crippen LogP contribution in [0.4, 0.5) is 15.8 Å². The van der Waals surface area contributed by atoms with Crippen molar-refractivity contribution in [3.05, 3.63) is 105 Å². The summed E-state index contributed by atoms with van der Waals surface area (Å²) in [7, 11) is 0. The fraction of sp³-hybridized carbons (Fsp3) is 0.125. The van der Waals surface area contributed by atoms with Gasteiger partial charge in [-0.25, -0.2) is 4.39 Å². The smallest absolute Gasteiger partial charge is 0.282 e. The zero-order valence-corrected chi connectivity index (χ0v) is 17.3. The molecule has 3 amide bonds. The molecule has 2 aliphatic heterocycles. The highest BCUT2D eigenvalue weighted by atomic mass is 19.1. The molecule has 33 heavy (non-hydrogen) atoms. The van der Waals surface area contributed by atoms with Crippen LogP contribution in [0.2, 0.25) is 0 Å². The molecular formula is C24H16FN3O5. The van der Waals surface area contributed by atoms with Gasteiger partial charge in [0.05, 0.1) is 16.5 Å². The first kappa shape index (κ1) is 20.5. The second kappa shape index (κ2) is 7.33. The van der Waals surface area contributed by atoms with Gasteiger partial charge in [-0.3, -0.25) is 29.4 Å². The van der Waals surface area contributed by atoms with E-state index in [1.807, 2.05) is 19.1 Å². The van der Waals surface area contributed by atoms with Crippen molar-refractivity contribution in [1.82, 2.24) is 4.90 Å². The van der Waals surface area contributed by atoms with Crippen LogP contribution in [0.15, 0.2) is 66.7 Å². The molecule has 2 aliphatic rings. The minimum Gasteiger partial charge on any atom is -0.300 e. The molecule has 2 heterocycles. The molecule has 2 unspecified atom stereocenters. The molecule has 164 valence electrons. The van der Waals surface area contributed by atoms with Crippen molar-refractivity contribution in [3.8, 4) is 0 Å². The zero-order chi connectivity index (χ0) is 23.4. The van der Waals surface area contributed by atoms with Gasteiger partial charge in [-0.2, -0.15) is 0 Å². The largest absolute Gasteiger partial charge is 0.300 e. The molecule has 1 saturated heterocycles. The van der Waals surface area contributed by atoms with Crippen LogP contribution >= 0.6 is 0 Å². The molecule has 0 N–H and O–H groups in total. The van der Waals surface area contributed by atoms with Gasteiger partial charge in [-0.15, -0.1) is 0 Å². The van der Waals surface area contributed by atoms with E-state index in [1.165, 1.54) is 41.3 Å². The fourth-order valence-electron chi connectivity index (χ4n) is 4.40. The number of benzene rings is 3. The number of β-lactam (4-membered cyclic amide) rings is 1. The van der Waals surface area contributed by atoms with Gasteiger partial charge in [-0.1, -0.05) is 35.9 Å². The second-order valence-corrected chi connectivity index (χ2v) is 7.92. The molecule has 0 aliphatic carbocycles. The van der Waals surface area contributed by atoms with Gasteiger partial charge in [0.15, 0.2) is 0 Å². The van der Waals surface area contributed by atoms with E-state index in [0.29, 0.717) is 11.3 Å². The normalized spacial score (nSPS) is 19.5. The molecule has 9 heteroatoms. The maximum absolute atomic E-state index is 13.6. The zero-order valence-electron chi connectivity index (χ0n) is 17.3. The van der Waals surface area contributed by atoms with Crippen molar-refractivity contribution in [3.63, 3.8) is 0 Å². The lowest BCUT2D eigenvalue weighted by molar-refractivity contribution is -0.385. The summed E-state index contributed by atoms with van der Waals surface area (Å²) in [6.07, 6.45) is 0. The van der Waals surface area contributed by atoms with E-state index in [9.17, 15) is 28.9 Å². The Morgan fingerprint density at radius 1 is 0.848 bits per heavy atom. The highest BCUT2D eigenvalue weighted by Gasteiger charge is 2.58. The first-order valence-corrected chi connectivity index (χ1v) is 10.1. The molecule has 2 atom stereocenters. The molecular weight excluding hydrogens is 429 g/mol. The van der Waals surface area contributed by atoms with Crippen molar-refractivity contribution in [2.75, 3.05) is 4.90 Å². The summed E-state index contributed by atoms with van der Waals surface area (Å²) in [5.74, 6) is -2.64. The van der Waals surface area contributed by atoms with E-state index < -0.39 is 46.2 Å². The minimum absolute atomic E-state index is 0.117. The van der Waals surface area contributed by atoms with E-state index >= 15 is 0 Å². The Morgan fingerprint density at radius 2 is 1.52 bits per heavy atom. The van der Waals surface area contributed by atoms with Crippen LogP contribution in [0, 0.1) is 22.9 Å². The Hall–Kier alpha value is -4.40. The number of nitro benzene ring substituents is 1. The molecule has 0 saturated carbocycles. The fourth-order valence-corrected chi connectivity index (χ4v) is 4.40. The summed E-state index contributed by atoms with van der Waals surface area (Å²) in [5.41, 5.74) is 1.12. The maximum Gasteiger partial charge on any atom is 0.282 e. The Morgan fingerprint density at radius 3 is 2.15 bits per heavy atom. The van der Waals surface area contributed by atoms with Crippen LogP contribution in [-0.2, 0) is 4.79 Å². The van der Waals surface area contributed by atoms with Gasteiger partial charge in [-0.05, 0) is 42.8 Å². The quantitative estimate of drug-likeness (QED) is 0.263. The Balaban J connectivity index is 1.60. The van der Waals surface area contributed by atoms with E-state index in [-0.39, 0.29) is 11.1 Å². The minimum atomic E-state index is -1.22. The molecule has 0 radical (unpaired) electrons. The number of hydrogen-bond donors (Lipinski definition) is 0. The number of nitro groups is 1. The Kier molecular flexibility index (Phi) is 4.56. The second-order valence-electron chi connectivity index (χ2n) is 7.92. The number of halogens is 1. The highest BCUT2D eigenvalue weighted by Crippen LogP contribution is 2.45. The van der Waals surface area contributed by atoms with E-state index in [0.717, 1.165) is 16.5 Å². The number of carbonyl (C=O) groups is 3. The molecule has 3 aromatic carbocycles. The highest BCUT2D eigenvalue weighted by molar-refractivity contribution is 6.26. The van der Waals surface area contributed by atoms with E-state index in [4.69, 9.17) is 0 Å². The number of fused-ring (bicyclic) bond motifs is 1. The third-order valence-corrected chi connectivity index (χ3v) is 5.99. The lowest BCUT2D eigenvalue weighted by Crippen LogP contribution is -2.67. The number of amides is 3. The number of rotatable bonds is 4. The van der Waals surface area contributed by atoms with Gasteiger partial charge < -0.3 is 4.90 Å². The standard InChI is InChI=1S/C24H16FN3O5/c1-13-5-11-16(12-6-13)26-20(14-7-9-15(25)10-8-14)21(24(26)31)27-22(29)17-3-2-4-18(28(32)33)19(17)23(27)30/h2-12,20-21H,1H3. The van der Waals surface area contributed by atoms with Gasteiger partial charge in [0.25, 0.3) is 23.4 Å². The van der Waals surface area contributed by atoms with Crippen molar-refractivity contribution in [2.24, 2.45) is 0 Å². The first-order valence-electron chi connectivity index (χ1n) is 10.1. The predicted molar refractivity (Wildman–Crippen MR) is 115 cm³/mol. The summed E-state index contributed by atoms with van der Waals surface area (Å²) >= 11 is 0. The Bertz CT molecular complexity index is 1340. The van der Waals surface area contributed by atoms with Crippen LogP contribution in [-0.4, -0.2) is 33.6 Å². The number of aryl methyl sites for hydroxylation is 1. The van der Waals surface area contributed by atoms with Crippen molar-refractivity contribution in [1.29, 1.82) is 0 Å². The predicted octanol–water partition coefficient (Wildman–Crippen LogP) is 3.80. The number of hydrogen-bond acceptors (Lipinski definition) is 5. The van der Waals surface area contributed by atoms with Gasteiger partial charge >= 0.3 is 0 Å². The molecule has 8 nitrogen and oxygen atoms in total. The number of anilines is 1. The SMILES string of the molecule is Cc1ccc(N2C(=O)C(N3C(=O)c4cccc([N+](=O)[O-])c4C3=O)C2c2ccc(F)cc2)cc1. The molecule has 0 spiro atoms. The summed E-state index contributed by atoms with van der Waals surface area (Å²) in [4.78, 5) is 52.6. The van der Waals surface area contributed by atoms with Gasteiger partial charge in [0.1, 0.15) is 17.4 Å². The Labute approximate surface area is 187 Å². The average Bonchev–Trinajstić information content (AvgIpc) is 3.05. The maximum atomic E-state index is 13.6. The van der Waals surface area contributed by atoms with Crippen molar-refractivity contribution >= 4 is 29.1 Å². The monoisotopic (exact) mass is 445 g/mol. The molecule has 0 bridgehead atoms. The van der Waals surface area contributed by atoms with Gasteiger partial charge in [0, 0.05) is 11.8 Å². The number of imide groups is 1. The van der Waals surface area contributed by atoms with E-state index in [2.05, 4.69) is 0 Å². The van der Waals surface area contributed by atoms with Crippen LogP contribution in [0.3, 0.4) is 0 Å². The lowest BCUT2D eigenvalue weighted by atomic mass is 9.86. The van der Waals surface area contributed by atoms with Gasteiger partial charge in [0.2, 0.25) is 0 Å². The van der Waals surface area contributed by atoms with E-state index in [1.54, 1.807) is 12.1 Å². The summed E-state index contributed by atoms with van der Waals surface area (Å²) in [5, 5.41) is 11.4. The average molecular weight is 445 g/mol. The molecule has 1 fully saturated rings. The van der Waals surface area contributed by atoms with Crippen molar-refractivity contribution < 1.29 is 23.7 Å².